The molecule has 2 aromatic rings. The van der Waals surface area contributed by atoms with E-state index in [0.29, 0.717) is 23.8 Å². The maximum Gasteiger partial charge on any atom is 0.224 e. The predicted octanol–water partition coefficient (Wildman–Crippen LogP) is 3.80. The van der Waals surface area contributed by atoms with Gasteiger partial charge < -0.3 is 19.5 Å². The minimum Gasteiger partial charge on any atom is -0.493 e. The van der Waals surface area contributed by atoms with Gasteiger partial charge in [-0.1, -0.05) is 37.3 Å². The summed E-state index contributed by atoms with van der Waals surface area (Å²) in [6.45, 7) is 6.19. The van der Waals surface area contributed by atoms with E-state index < -0.39 is 0 Å². The Kier molecular flexibility index (Phi) is 8.18. The highest BCUT2D eigenvalue weighted by atomic mass is 16.5. The molecule has 0 unspecified atom stereocenters. The van der Waals surface area contributed by atoms with Gasteiger partial charge in [0.05, 0.1) is 27.8 Å². The number of ether oxygens (including phenoxy) is 3. The van der Waals surface area contributed by atoms with Gasteiger partial charge in [-0.2, -0.15) is 0 Å². The number of piperidine rings is 1. The van der Waals surface area contributed by atoms with Crippen LogP contribution in [0.25, 0.3) is 0 Å². The SMILES string of the molecule is COc1ccc(CC(=O)NCc2ccc(CN3CCC(C)CC3)cc2)c(OC)c1OC. The number of likely N-dealkylation sites (tertiary alicyclic amines) is 1. The zero-order chi connectivity index (χ0) is 22.2. The summed E-state index contributed by atoms with van der Waals surface area (Å²) in [6.07, 6.45) is 2.78. The van der Waals surface area contributed by atoms with Crippen LogP contribution in [0.15, 0.2) is 36.4 Å². The highest BCUT2D eigenvalue weighted by molar-refractivity contribution is 5.80. The van der Waals surface area contributed by atoms with Gasteiger partial charge in [0.2, 0.25) is 11.7 Å². The van der Waals surface area contributed by atoms with E-state index in [0.717, 1.165) is 23.6 Å². The van der Waals surface area contributed by atoms with Gasteiger partial charge in [0.15, 0.2) is 11.5 Å². The number of benzene rings is 2. The van der Waals surface area contributed by atoms with Gasteiger partial charge >= 0.3 is 0 Å². The molecule has 0 radical (unpaired) electrons. The quantitative estimate of drug-likeness (QED) is 0.661. The fourth-order valence-electron chi connectivity index (χ4n) is 3.98. The molecule has 1 saturated heterocycles. The van der Waals surface area contributed by atoms with E-state index in [4.69, 9.17) is 14.2 Å². The Bertz CT molecular complexity index is 859. The molecule has 0 bridgehead atoms. The lowest BCUT2D eigenvalue weighted by Crippen LogP contribution is -2.32. The second-order valence-electron chi connectivity index (χ2n) is 8.22. The highest BCUT2D eigenvalue weighted by Crippen LogP contribution is 2.39. The molecular weight excluding hydrogens is 392 g/mol. The number of rotatable bonds is 9. The number of amides is 1. The van der Waals surface area contributed by atoms with Crippen molar-refractivity contribution in [2.24, 2.45) is 5.92 Å². The number of nitrogens with zero attached hydrogens (tertiary/aromatic N) is 1. The molecule has 0 aliphatic carbocycles. The van der Waals surface area contributed by atoms with Crippen LogP contribution in [0, 0.1) is 5.92 Å². The van der Waals surface area contributed by atoms with Gasteiger partial charge in [0.25, 0.3) is 0 Å². The number of carbonyl (C=O) groups is 1. The molecule has 1 N–H and O–H groups in total. The first-order chi connectivity index (χ1) is 15.0. The lowest BCUT2D eigenvalue weighted by Gasteiger charge is -2.30. The number of hydrogen-bond acceptors (Lipinski definition) is 5. The standard InChI is InChI=1S/C25H34N2O4/c1-18-11-13-27(14-12-18)17-20-7-5-19(6-8-20)16-26-23(28)15-21-9-10-22(29-2)25(31-4)24(21)30-3/h5-10,18H,11-17H2,1-4H3,(H,26,28). The van der Waals surface area contributed by atoms with Crippen LogP contribution in [-0.4, -0.2) is 45.2 Å². The molecule has 1 aliphatic heterocycles. The average Bonchev–Trinajstić information content (AvgIpc) is 2.79. The summed E-state index contributed by atoms with van der Waals surface area (Å²) in [5, 5.41) is 2.99. The Balaban J connectivity index is 1.53. The van der Waals surface area contributed by atoms with E-state index in [1.54, 1.807) is 27.4 Å². The Morgan fingerprint density at radius 1 is 0.935 bits per heavy atom. The van der Waals surface area contributed by atoms with Gasteiger partial charge in [-0.15, -0.1) is 0 Å². The molecule has 0 saturated carbocycles. The maximum atomic E-state index is 12.5. The molecule has 1 fully saturated rings. The van der Waals surface area contributed by atoms with E-state index in [9.17, 15) is 4.79 Å². The number of carbonyl (C=O) groups excluding carboxylic acids is 1. The number of nitrogens with one attached hydrogen (secondary N) is 1. The third-order valence-corrected chi connectivity index (χ3v) is 5.93. The zero-order valence-corrected chi connectivity index (χ0v) is 19.1. The summed E-state index contributed by atoms with van der Waals surface area (Å²) < 4.78 is 16.2. The summed E-state index contributed by atoms with van der Waals surface area (Å²) >= 11 is 0. The van der Waals surface area contributed by atoms with Crippen LogP contribution >= 0.6 is 0 Å². The van der Waals surface area contributed by atoms with Crippen molar-refractivity contribution < 1.29 is 19.0 Å². The summed E-state index contributed by atoms with van der Waals surface area (Å²) in [7, 11) is 4.69. The minimum absolute atomic E-state index is 0.0722. The summed E-state index contributed by atoms with van der Waals surface area (Å²) in [5.74, 6) is 2.36. The van der Waals surface area contributed by atoms with Crippen LogP contribution in [0.3, 0.4) is 0 Å². The van der Waals surface area contributed by atoms with Gasteiger partial charge in [-0.3, -0.25) is 9.69 Å². The third kappa shape index (κ3) is 6.14. The fraction of sp³-hybridized carbons (Fsp3) is 0.480. The van der Waals surface area contributed by atoms with Crippen LogP contribution in [0.2, 0.25) is 0 Å². The van der Waals surface area contributed by atoms with Crippen LogP contribution in [-0.2, 0) is 24.3 Å². The largest absolute Gasteiger partial charge is 0.493 e. The van der Waals surface area contributed by atoms with Crippen LogP contribution in [0.5, 0.6) is 17.2 Å². The lowest BCUT2D eigenvalue weighted by atomic mass is 9.99. The van der Waals surface area contributed by atoms with Crippen molar-refractivity contribution in [1.82, 2.24) is 10.2 Å². The molecule has 6 nitrogen and oxygen atoms in total. The molecule has 3 rings (SSSR count). The topological polar surface area (TPSA) is 60.0 Å². The van der Waals surface area contributed by atoms with Gasteiger partial charge in [0.1, 0.15) is 0 Å². The summed E-state index contributed by atoms with van der Waals surface area (Å²) in [6, 6.07) is 12.1. The first-order valence-electron chi connectivity index (χ1n) is 10.9. The van der Waals surface area contributed by atoms with Gasteiger partial charge in [-0.05, 0) is 49.0 Å². The number of hydrogen-bond donors (Lipinski definition) is 1. The molecule has 0 spiro atoms. The van der Waals surface area contributed by atoms with Crippen molar-refractivity contribution in [3.8, 4) is 17.2 Å². The van der Waals surface area contributed by atoms with Crippen molar-refractivity contribution in [3.63, 3.8) is 0 Å². The van der Waals surface area contributed by atoms with Crippen molar-refractivity contribution in [2.75, 3.05) is 34.4 Å². The number of methoxy groups -OCH3 is 3. The van der Waals surface area contributed by atoms with Crippen molar-refractivity contribution in [1.29, 1.82) is 0 Å². The van der Waals surface area contributed by atoms with E-state index >= 15 is 0 Å². The van der Waals surface area contributed by atoms with Gasteiger partial charge in [0, 0.05) is 18.7 Å². The van der Waals surface area contributed by atoms with Crippen molar-refractivity contribution in [2.45, 2.75) is 39.3 Å². The first kappa shape index (κ1) is 22.9. The maximum absolute atomic E-state index is 12.5. The molecule has 1 heterocycles. The van der Waals surface area contributed by atoms with Crippen LogP contribution in [0.1, 0.15) is 36.5 Å². The highest BCUT2D eigenvalue weighted by Gasteiger charge is 2.18. The summed E-state index contributed by atoms with van der Waals surface area (Å²) in [5.41, 5.74) is 3.16. The second kappa shape index (κ2) is 11.0. The Hall–Kier alpha value is -2.73. The molecule has 1 amide bonds. The Morgan fingerprint density at radius 2 is 1.58 bits per heavy atom. The van der Waals surface area contributed by atoms with E-state index in [2.05, 4.69) is 41.4 Å². The smallest absolute Gasteiger partial charge is 0.224 e. The predicted molar refractivity (Wildman–Crippen MR) is 122 cm³/mol. The third-order valence-electron chi connectivity index (χ3n) is 5.93. The normalized spacial score (nSPS) is 14.8. The molecule has 0 aromatic heterocycles. The van der Waals surface area contributed by atoms with E-state index in [1.807, 2.05) is 6.07 Å². The molecule has 168 valence electrons. The van der Waals surface area contributed by atoms with Crippen LogP contribution < -0.4 is 19.5 Å². The van der Waals surface area contributed by atoms with Crippen molar-refractivity contribution in [3.05, 3.63) is 53.1 Å². The van der Waals surface area contributed by atoms with E-state index in [-0.39, 0.29) is 12.3 Å². The molecule has 6 heteroatoms. The molecule has 2 aromatic carbocycles. The molecule has 0 atom stereocenters. The van der Waals surface area contributed by atoms with Gasteiger partial charge in [-0.25, -0.2) is 0 Å². The first-order valence-corrected chi connectivity index (χ1v) is 10.9. The van der Waals surface area contributed by atoms with Crippen LogP contribution in [0.4, 0.5) is 0 Å². The second-order valence-corrected chi connectivity index (χ2v) is 8.22. The average molecular weight is 427 g/mol. The minimum atomic E-state index is -0.0722. The Morgan fingerprint density at radius 3 is 2.19 bits per heavy atom. The molecular formula is C25H34N2O4. The van der Waals surface area contributed by atoms with E-state index in [1.165, 1.54) is 31.5 Å². The zero-order valence-electron chi connectivity index (χ0n) is 19.1. The Labute approximate surface area is 185 Å². The molecule has 1 aliphatic rings. The fourth-order valence-corrected chi connectivity index (χ4v) is 3.98. The molecule has 31 heavy (non-hydrogen) atoms. The monoisotopic (exact) mass is 426 g/mol. The van der Waals surface area contributed by atoms with Crippen molar-refractivity contribution >= 4 is 5.91 Å². The summed E-state index contributed by atoms with van der Waals surface area (Å²) in [4.78, 5) is 15.0. The lowest BCUT2D eigenvalue weighted by molar-refractivity contribution is -0.120.